The Balaban J connectivity index is 2.50. The average Bonchev–Trinajstić information content (AvgIpc) is 2.57. The zero-order chi connectivity index (χ0) is 11.7. The first kappa shape index (κ1) is 10.7. The summed E-state index contributed by atoms with van der Waals surface area (Å²) < 4.78 is 3.24. The maximum Gasteiger partial charge on any atom is 0.364 e. The van der Waals surface area contributed by atoms with Gasteiger partial charge in [0.2, 0.25) is 0 Å². The van der Waals surface area contributed by atoms with Crippen LogP contribution >= 0.6 is 0 Å². The predicted octanol–water partition coefficient (Wildman–Crippen LogP) is 1.35. The SMILES string of the molecule is CCc1ccc(-c2nc(=O)n(C)n2C)cc1. The molecule has 0 aliphatic heterocycles. The van der Waals surface area contributed by atoms with Gasteiger partial charge >= 0.3 is 5.69 Å². The Bertz CT molecular complexity index is 549. The maximum absolute atomic E-state index is 11.4. The lowest BCUT2D eigenvalue weighted by molar-refractivity contribution is 0.583. The second-order valence-electron chi connectivity index (χ2n) is 3.82. The fraction of sp³-hybridized carbons (Fsp3) is 0.333. The van der Waals surface area contributed by atoms with Crippen molar-refractivity contribution in [2.45, 2.75) is 13.3 Å². The van der Waals surface area contributed by atoms with Crippen LogP contribution in [0.4, 0.5) is 0 Å². The molecule has 0 atom stereocenters. The van der Waals surface area contributed by atoms with E-state index >= 15 is 0 Å². The van der Waals surface area contributed by atoms with Crippen molar-refractivity contribution in [3.63, 3.8) is 0 Å². The predicted molar refractivity (Wildman–Crippen MR) is 63.3 cm³/mol. The Labute approximate surface area is 94.1 Å². The molecular formula is C12H15N3O. The highest BCUT2D eigenvalue weighted by atomic mass is 16.2. The molecule has 0 amide bonds. The van der Waals surface area contributed by atoms with Crippen molar-refractivity contribution in [3.05, 3.63) is 40.3 Å². The molecule has 0 spiro atoms. The van der Waals surface area contributed by atoms with Crippen LogP contribution in [0.3, 0.4) is 0 Å². The molecule has 84 valence electrons. The minimum atomic E-state index is -0.225. The molecule has 4 nitrogen and oxygen atoms in total. The van der Waals surface area contributed by atoms with Crippen molar-refractivity contribution in [1.29, 1.82) is 0 Å². The van der Waals surface area contributed by atoms with E-state index in [2.05, 4.69) is 24.0 Å². The number of hydrogen-bond donors (Lipinski definition) is 0. The fourth-order valence-corrected chi connectivity index (χ4v) is 1.65. The molecule has 16 heavy (non-hydrogen) atoms. The van der Waals surface area contributed by atoms with Crippen LogP contribution in [-0.2, 0) is 20.5 Å². The number of aryl methyl sites for hydroxylation is 1. The Morgan fingerprint density at radius 1 is 1.12 bits per heavy atom. The van der Waals surface area contributed by atoms with Crippen LogP contribution in [0.1, 0.15) is 12.5 Å². The summed E-state index contributed by atoms with van der Waals surface area (Å²) in [6.07, 6.45) is 1.02. The first-order valence-corrected chi connectivity index (χ1v) is 5.33. The van der Waals surface area contributed by atoms with Crippen molar-refractivity contribution in [1.82, 2.24) is 14.3 Å². The third kappa shape index (κ3) is 1.66. The van der Waals surface area contributed by atoms with Crippen molar-refractivity contribution < 1.29 is 0 Å². The summed E-state index contributed by atoms with van der Waals surface area (Å²) in [5.41, 5.74) is 2.03. The molecule has 0 aliphatic rings. The molecule has 1 aromatic carbocycles. The van der Waals surface area contributed by atoms with Crippen molar-refractivity contribution in [2.24, 2.45) is 14.1 Å². The number of nitrogens with zero attached hydrogens (tertiary/aromatic N) is 3. The van der Waals surface area contributed by atoms with Crippen LogP contribution in [0.2, 0.25) is 0 Å². The maximum atomic E-state index is 11.4. The van der Waals surface area contributed by atoms with Gasteiger partial charge in [0.15, 0.2) is 5.82 Å². The minimum absolute atomic E-state index is 0.225. The van der Waals surface area contributed by atoms with Crippen LogP contribution in [0.25, 0.3) is 11.4 Å². The summed E-state index contributed by atoms with van der Waals surface area (Å²) in [7, 11) is 3.54. The molecule has 0 N–H and O–H groups in total. The number of aromatic nitrogens is 3. The lowest BCUT2D eigenvalue weighted by Crippen LogP contribution is -2.17. The van der Waals surface area contributed by atoms with Gasteiger partial charge in [-0.05, 0) is 12.0 Å². The van der Waals surface area contributed by atoms with E-state index in [1.54, 1.807) is 11.7 Å². The van der Waals surface area contributed by atoms with Gasteiger partial charge in [-0.3, -0.25) is 4.68 Å². The number of benzene rings is 1. The van der Waals surface area contributed by atoms with Gasteiger partial charge in [-0.2, -0.15) is 4.98 Å². The first-order valence-electron chi connectivity index (χ1n) is 5.33. The van der Waals surface area contributed by atoms with Crippen molar-refractivity contribution >= 4 is 0 Å². The first-order chi connectivity index (χ1) is 7.63. The molecule has 0 saturated carbocycles. The Hall–Kier alpha value is -1.84. The highest BCUT2D eigenvalue weighted by molar-refractivity contribution is 5.55. The van der Waals surface area contributed by atoms with Gasteiger partial charge < -0.3 is 0 Å². The molecule has 4 heteroatoms. The van der Waals surface area contributed by atoms with Gasteiger partial charge in [0.05, 0.1) is 0 Å². The molecule has 0 unspecified atom stereocenters. The van der Waals surface area contributed by atoms with Crippen LogP contribution in [-0.4, -0.2) is 14.3 Å². The van der Waals surface area contributed by atoms with Gasteiger partial charge in [0.25, 0.3) is 0 Å². The molecule has 0 bridgehead atoms. The van der Waals surface area contributed by atoms with Gasteiger partial charge in [-0.1, -0.05) is 31.2 Å². The molecular weight excluding hydrogens is 202 g/mol. The van der Waals surface area contributed by atoms with Crippen LogP contribution in [0.15, 0.2) is 29.1 Å². The largest absolute Gasteiger partial charge is 0.364 e. The standard InChI is InChI=1S/C12H15N3O/c1-4-9-5-7-10(8-6-9)11-13-12(16)15(3)14(11)2/h5-8H,4H2,1-3H3. The van der Waals surface area contributed by atoms with E-state index in [0.29, 0.717) is 5.82 Å². The quantitative estimate of drug-likeness (QED) is 0.761. The molecule has 0 saturated heterocycles. The van der Waals surface area contributed by atoms with Gasteiger partial charge in [-0.25, -0.2) is 9.48 Å². The van der Waals surface area contributed by atoms with Gasteiger partial charge in [0.1, 0.15) is 0 Å². The van der Waals surface area contributed by atoms with Crippen LogP contribution in [0, 0.1) is 0 Å². The van der Waals surface area contributed by atoms with Gasteiger partial charge in [-0.15, -0.1) is 0 Å². The Kier molecular flexibility index (Phi) is 2.64. The smallest absolute Gasteiger partial charge is 0.267 e. The molecule has 0 fully saturated rings. The lowest BCUT2D eigenvalue weighted by atomic mass is 10.1. The van der Waals surface area contributed by atoms with E-state index in [-0.39, 0.29) is 5.69 Å². The molecule has 2 rings (SSSR count). The summed E-state index contributed by atoms with van der Waals surface area (Å²) in [5, 5.41) is 0. The zero-order valence-corrected chi connectivity index (χ0v) is 9.77. The van der Waals surface area contributed by atoms with Crippen molar-refractivity contribution in [3.8, 4) is 11.4 Å². The summed E-state index contributed by atoms with van der Waals surface area (Å²) in [6, 6.07) is 8.13. The average molecular weight is 217 g/mol. The Morgan fingerprint density at radius 3 is 2.19 bits per heavy atom. The summed E-state index contributed by atoms with van der Waals surface area (Å²) in [5.74, 6) is 0.704. The Morgan fingerprint density at radius 2 is 1.75 bits per heavy atom. The third-order valence-electron chi connectivity index (χ3n) is 2.86. The number of rotatable bonds is 2. The zero-order valence-electron chi connectivity index (χ0n) is 9.77. The fourth-order valence-electron chi connectivity index (χ4n) is 1.65. The molecule has 1 heterocycles. The highest BCUT2D eigenvalue weighted by Crippen LogP contribution is 2.15. The van der Waals surface area contributed by atoms with Crippen LogP contribution < -0.4 is 5.69 Å². The van der Waals surface area contributed by atoms with Crippen molar-refractivity contribution in [2.75, 3.05) is 0 Å². The second-order valence-corrected chi connectivity index (χ2v) is 3.82. The van der Waals surface area contributed by atoms with Crippen LogP contribution in [0.5, 0.6) is 0 Å². The normalized spacial score (nSPS) is 10.7. The summed E-state index contributed by atoms with van der Waals surface area (Å²) in [6.45, 7) is 2.12. The minimum Gasteiger partial charge on any atom is -0.267 e. The molecule has 0 aliphatic carbocycles. The summed E-state index contributed by atoms with van der Waals surface area (Å²) >= 11 is 0. The third-order valence-corrected chi connectivity index (χ3v) is 2.86. The molecule has 1 aromatic heterocycles. The van der Waals surface area contributed by atoms with E-state index in [4.69, 9.17) is 0 Å². The van der Waals surface area contributed by atoms with E-state index in [9.17, 15) is 4.79 Å². The highest BCUT2D eigenvalue weighted by Gasteiger charge is 2.08. The topological polar surface area (TPSA) is 39.8 Å². The van der Waals surface area contributed by atoms with E-state index < -0.39 is 0 Å². The summed E-state index contributed by atoms with van der Waals surface area (Å²) in [4.78, 5) is 15.4. The number of hydrogen-bond acceptors (Lipinski definition) is 2. The second kappa shape index (κ2) is 3.96. The van der Waals surface area contributed by atoms with E-state index in [0.717, 1.165) is 12.0 Å². The van der Waals surface area contributed by atoms with Gasteiger partial charge in [0, 0.05) is 19.7 Å². The van der Waals surface area contributed by atoms with E-state index in [1.165, 1.54) is 10.2 Å². The lowest BCUT2D eigenvalue weighted by Gasteiger charge is -2.04. The monoisotopic (exact) mass is 217 g/mol. The molecule has 0 radical (unpaired) electrons. The van der Waals surface area contributed by atoms with E-state index in [1.807, 2.05) is 19.2 Å². The molecule has 2 aromatic rings.